The Kier molecular flexibility index (Phi) is 5.31. The van der Waals surface area contributed by atoms with E-state index in [-0.39, 0.29) is 24.7 Å². The summed E-state index contributed by atoms with van der Waals surface area (Å²) in [5, 5.41) is 5.39. The maximum absolute atomic E-state index is 12.8. The molecule has 1 saturated heterocycles. The number of hydrogen-bond donors (Lipinski definition) is 3. The number of alkyl halides is 3. The van der Waals surface area contributed by atoms with Crippen LogP contribution in [0.4, 0.5) is 39.8 Å². The fourth-order valence-corrected chi connectivity index (χ4v) is 3.99. The molecule has 2 aromatic carbocycles. The second-order valence-electron chi connectivity index (χ2n) is 7.96. The van der Waals surface area contributed by atoms with Crippen LogP contribution in [0.1, 0.15) is 16.8 Å². The summed E-state index contributed by atoms with van der Waals surface area (Å²) in [5.74, 6) is -0.278. The summed E-state index contributed by atoms with van der Waals surface area (Å²) < 4.78 is 38.4. The van der Waals surface area contributed by atoms with Gasteiger partial charge in [-0.05, 0) is 54.6 Å². The first kappa shape index (κ1) is 22.3. The summed E-state index contributed by atoms with van der Waals surface area (Å²) in [7, 11) is 0. The van der Waals surface area contributed by atoms with Crippen LogP contribution in [0.25, 0.3) is 11.6 Å². The first-order chi connectivity index (χ1) is 16.7. The zero-order valence-electron chi connectivity index (χ0n) is 18.0. The minimum atomic E-state index is -4.48. The number of carbonyl (C=O) groups excluding carboxylic acids is 3. The Balaban J connectivity index is 1.28. The molecule has 11 heteroatoms. The van der Waals surface area contributed by atoms with Crippen molar-refractivity contribution in [2.75, 3.05) is 28.6 Å². The highest BCUT2D eigenvalue weighted by Crippen LogP contribution is 2.35. The Morgan fingerprint density at radius 1 is 1.03 bits per heavy atom. The largest absolute Gasteiger partial charge is 0.416 e. The third-order valence-corrected chi connectivity index (χ3v) is 5.74. The molecule has 1 aromatic heterocycles. The van der Waals surface area contributed by atoms with Crippen LogP contribution in [0.3, 0.4) is 0 Å². The summed E-state index contributed by atoms with van der Waals surface area (Å²) in [6.45, 7) is 0.209. The average molecular weight is 481 g/mol. The molecule has 0 atom stereocenters. The average Bonchev–Trinajstić information content (AvgIpc) is 3.53. The van der Waals surface area contributed by atoms with Crippen molar-refractivity contribution in [3.8, 4) is 0 Å². The van der Waals surface area contributed by atoms with Crippen LogP contribution in [0.2, 0.25) is 0 Å². The number of nitrogens with zero attached hydrogens (tertiary/aromatic N) is 2. The maximum atomic E-state index is 12.8. The van der Waals surface area contributed by atoms with Crippen molar-refractivity contribution in [1.82, 2.24) is 9.88 Å². The highest BCUT2D eigenvalue weighted by molar-refractivity contribution is 6.35. The molecule has 1 fully saturated rings. The van der Waals surface area contributed by atoms with Crippen molar-refractivity contribution in [2.45, 2.75) is 6.18 Å². The minimum absolute atomic E-state index is 0.0659. The molecule has 5 rings (SSSR count). The predicted molar refractivity (Wildman–Crippen MR) is 124 cm³/mol. The number of H-pyrrole nitrogens is 1. The highest BCUT2D eigenvalue weighted by Gasteiger charge is 2.35. The summed E-state index contributed by atoms with van der Waals surface area (Å²) in [4.78, 5) is 43.1. The van der Waals surface area contributed by atoms with Crippen molar-refractivity contribution >= 4 is 46.7 Å². The van der Waals surface area contributed by atoms with E-state index in [1.165, 1.54) is 17.0 Å². The Morgan fingerprint density at radius 2 is 1.80 bits per heavy atom. The molecular weight excluding hydrogens is 463 g/mol. The Hall–Kier alpha value is -4.54. The molecule has 35 heavy (non-hydrogen) atoms. The zero-order chi connectivity index (χ0) is 24.7. The topological polar surface area (TPSA) is 97.5 Å². The first-order valence-corrected chi connectivity index (χ1v) is 10.6. The van der Waals surface area contributed by atoms with E-state index in [9.17, 15) is 27.6 Å². The number of aromatic amines is 1. The van der Waals surface area contributed by atoms with Crippen LogP contribution in [-0.2, 0) is 11.0 Å². The fraction of sp³-hybridized carbons (Fsp3) is 0.125. The van der Waals surface area contributed by atoms with E-state index >= 15 is 0 Å². The van der Waals surface area contributed by atoms with Gasteiger partial charge in [-0.25, -0.2) is 14.5 Å². The zero-order valence-corrected chi connectivity index (χ0v) is 18.0. The molecule has 0 spiro atoms. The minimum Gasteiger partial charge on any atom is -0.362 e. The number of urea groups is 2. The quantitative estimate of drug-likeness (QED) is 0.459. The third-order valence-electron chi connectivity index (χ3n) is 5.74. The number of amides is 5. The number of aromatic nitrogens is 1. The Bertz CT molecular complexity index is 1350. The smallest absolute Gasteiger partial charge is 0.362 e. The lowest BCUT2D eigenvalue weighted by Crippen LogP contribution is -2.39. The number of benzene rings is 2. The van der Waals surface area contributed by atoms with E-state index in [0.29, 0.717) is 22.5 Å². The number of carbonyl (C=O) groups is 3. The van der Waals surface area contributed by atoms with Gasteiger partial charge < -0.3 is 15.6 Å². The van der Waals surface area contributed by atoms with E-state index in [1.807, 2.05) is 12.1 Å². The predicted octanol–water partition coefficient (Wildman–Crippen LogP) is 5.00. The molecule has 0 saturated carbocycles. The van der Waals surface area contributed by atoms with Crippen LogP contribution in [0.5, 0.6) is 0 Å². The number of anilines is 3. The monoisotopic (exact) mass is 481 g/mol. The van der Waals surface area contributed by atoms with Crippen LogP contribution >= 0.6 is 0 Å². The van der Waals surface area contributed by atoms with Gasteiger partial charge in [0, 0.05) is 35.4 Å². The van der Waals surface area contributed by atoms with Gasteiger partial charge in [0.1, 0.15) is 0 Å². The van der Waals surface area contributed by atoms with Gasteiger partial charge in [0.25, 0.3) is 5.91 Å². The fourth-order valence-electron chi connectivity index (χ4n) is 3.99. The molecule has 178 valence electrons. The van der Waals surface area contributed by atoms with E-state index in [0.717, 1.165) is 22.7 Å². The standard InChI is InChI=1S/C24H18F3N5O3/c25-24(26,27)14-3-6-17(7-4-14)31-10-11-32(23(31)35)22(34)29-16-5-8-18-19(12-15-2-1-9-28-15)21(33)30-20(18)13-16/h1-9,12-13,28H,10-11H2,(H,29,34)(H,30,33)/b19-12-. The highest BCUT2D eigenvalue weighted by atomic mass is 19.4. The third kappa shape index (κ3) is 4.23. The second-order valence-corrected chi connectivity index (χ2v) is 7.96. The normalized spacial score (nSPS) is 16.6. The number of hydrogen-bond acceptors (Lipinski definition) is 3. The van der Waals surface area contributed by atoms with Crippen molar-refractivity contribution in [3.63, 3.8) is 0 Å². The molecule has 0 bridgehead atoms. The van der Waals surface area contributed by atoms with Gasteiger partial charge in [0.2, 0.25) is 0 Å². The van der Waals surface area contributed by atoms with Crippen molar-refractivity contribution < 1.29 is 27.6 Å². The molecule has 0 radical (unpaired) electrons. The number of nitrogens with one attached hydrogen (secondary N) is 3. The van der Waals surface area contributed by atoms with Crippen molar-refractivity contribution in [1.29, 1.82) is 0 Å². The van der Waals surface area contributed by atoms with Crippen molar-refractivity contribution in [3.05, 3.63) is 77.6 Å². The van der Waals surface area contributed by atoms with Gasteiger partial charge in [-0.15, -0.1) is 0 Å². The Labute approximate surface area is 197 Å². The van der Waals surface area contributed by atoms with Crippen molar-refractivity contribution in [2.24, 2.45) is 0 Å². The molecule has 2 aliphatic heterocycles. The molecule has 8 nitrogen and oxygen atoms in total. The van der Waals surface area contributed by atoms with Gasteiger partial charge in [0.05, 0.1) is 23.4 Å². The van der Waals surface area contributed by atoms with Crippen LogP contribution in [-0.4, -0.2) is 40.9 Å². The number of rotatable bonds is 3. The molecule has 3 aromatic rings. The van der Waals surface area contributed by atoms with E-state index < -0.39 is 23.8 Å². The molecule has 3 N–H and O–H groups in total. The van der Waals surface area contributed by atoms with Gasteiger partial charge in [-0.3, -0.25) is 9.69 Å². The lowest BCUT2D eigenvalue weighted by atomic mass is 10.1. The summed E-state index contributed by atoms with van der Waals surface area (Å²) in [6, 6.07) is 11.4. The summed E-state index contributed by atoms with van der Waals surface area (Å²) in [5.41, 5.74) is 2.25. The van der Waals surface area contributed by atoms with Gasteiger partial charge in [-0.1, -0.05) is 6.07 Å². The number of halogens is 3. The molecule has 3 heterocycles. The van der Waals surface area contributed by atoms with E-state index in [2.05, 4.69) is 15.6 Å². The molecule has 5 amide bonds. The SMILES string of the molecule is O=C1Nc2cc(NC(=O)N3CCN(c4ccc(C(F)(F)F)cc4)C3=O)ccc2/C1=C/c1ccc[nH]1. The number of imide groups is 1. The summed E-state index contributed by atoms with van der Waals surface area (Å²) in [6.07, 6.45) is -1.01. The second kappa shape index (κ2) is 8.35. The maximum Gasteiger partial charge on any atom is 0.416 e. The molecule has 0 unspecified atom stereocenters. The number of fused-ring (bicyclic) bond motifs is 1. The van der Waals surface area contributed by atoms with Crippen LogP contribution in [0.15, 0.2) is 60.8 Å². The van der Waals surface area contributed by atoms with Gasteiger partial charge >= 0.3 is 18.2 Å². The van der Waals surface area contributed by atoms with E-state index in [1.54, 1.807) is 30.5 Å². The van der Waals surface area contributed by atoms with Crippen LogP contribution < -0.4 is 15.5 Å². The van der Waals surface area contributed by atoms with Gasteiger partial charge in [-0.2, -0.15) is 13.2 Å². The lowest BCUT2D eigenvalue weighted by Gasteiger charge is -2.18. The molecular formula is C24H18F3N5O3. The lowest BCUT2D eigenvalue weighted by molar-refractivity contribution is -0.137. The molecule has 0 aliphatic carbocycles. The Morgan fingerprint density at radius 3 is 2.49 bits per heavy atom. The first-order valence-electron chi connectivity index (χ1n) is 10.6. The van der Waals surface area contributed by atoms with Crippen LogP contribution in [0, 0.1) is 0 Å². The van der Waals surface area contributed by atoms with E-state index in [4.69, 9.17) is 0 Å². The van der Waals surface area contributed by atoms with Gasteiger partial charge in [0.15, 0.2) is 0 Å². The molecule has 2 aliphatic rings. The summed E-state index contributed by atoms with van der Waals surface area (Å²) >= 11 is 0.